The van der Waals surface area contributed by atoms with Crippen LogP contribution in [0, 0.1) is 0 Å². The van der Waals surface area contributed by atoms with Crippen LogP contribution in [0.5, 0.6) is 0 Å². The third-order valence-electron chi connectivity index (χ3n) is 4.25. The van der Waals surface area contributed by atoms with E-state index in [0.717, 1.165) is 11.1 Å². The number of benzene rings is 2. The molecule has 0 bridgehead atoms. The number of ketones is 1. The number of halogens is 1. The number of carbonyl (C=O) groups is 1. The van der Waals surface area contributed by atoms with Crippen LogP contribution >= 0.6 is 11.6 Å². The molecule has 0 fully saturated rings. The quantitative estimate of drug-likeness (QED) is 0.533. The summed E-state index contributed by atoms with van der Waals surface area (Å²) in [5.74, 6) is -0.0452. The molecule has 1 aliphatic rings. The highest BCUT2D eigenvalue weighted by molar-refractivity contribution is 6.30. The van der Waals surface area contributed by atoms with Gasteiger partial charge in [0.2, 0.25) is 0 Å². The van der Waals surface area contributed by atoms with Crippen molar-refractivity contribution in [3.05, 3.63) is 81.1 Å². The molecule has 2 aromatic carbocycles. The first kappa shape index (κ1) is 14.0. The lowest BCUT2D eigenvalue weighted by Gasteiger charge is -2.12. The van der Waals surface area contributed by atoms with Gasteiger partial charge in [0, 0.05) is 34.8 Å². The van der Waals surface area contributed by atoms with Crippen LogP contribution in [-0.2, 0) is 7.05 Å². The van der Waals surface area contributed by atoms with Gasteiger partial charge in [-0.25, -0.2) is 0 Å². The first-order valence-electron chi connectivity index (χ1n) is 7.22. The highest BCUT2D eigenvalue weighted by atomic mass is 35.5. The van der Waals surface area contributed by atoms with Crippen molar-refractivity contribution in [1.82, 2.24) is 4.57 Å². The van der Waals surface area contributed by atoms with E-state index < -0.39 is 0 Å². The highest BCUT2D eigenvalue weighted by Crippen LogP contribution is 2.40. The molecule has 4 rings (SSSR count). The molecule has 0 spiro atoms. The molecule has 0 unspecified atom stereocenters. The summed E-state index contributed by atoms with van der Waals surface area (Å²) < 4.78 is 1.54. The summed E-state index contributed by atoms with van der Waals surface area (Å²) in [6.45, 7) is 0. The molecule has 0 radical (unpaired) electrons. The number of carbonyl (C=O) groups excluding carboxylic acids is 1. The van der Waals surface area contributed by atoms with Crippen molar-refractivity contribution in [2.45, 2.75) is 0 Å². The Bertz CT molecular complexity index is 1020. The van der Waals surface area contributed by atoms with E-state index in [0.29, 0.717) is 27.4 Å². The van der Waals surface area contributed by atoms with Crippen molar-refractivity contribution in [3.63, 3.8) is 0 Å². The zero-order chi connectivity index (χ0) is 16.1. The van der Waals surface area contributed by atoms with Crippen molar-refractivity contribution >= 4 is 17.4 Å². The van der Waals surface area contributed by atoms with E-state index in [1.165, 1.54) is 6.07 Å². The Morgan fingerprint density at radius 1 is 0.870 bits per heavy atom. The van der Waals surface area contributed by atoms with Gasteiger partial charge >= 0.3 is 0 Å². The lowest BCUT2D eigenvalue weighted by atomic mass is 9.98. The van der Waals surface area contributed by atoms with Crippen LogP contribution in [0.2, 0.25) is 5.02 Å². The van der Waals surface area contributed by atoms with Gasteiger partial charge in [0.05, 0.1) is 11.3 Å². The molecular weight excluding hydrogens is 310 g/mol. The Hall–Kier alpha value is -2.65. The third-order valence-corrected chi connectivity index (χ3v) is 4.50. The van der Waals surface area contributed by atoms with Gasteiger partial charge in [-0.15, -0.1) is 0 Å². The van der Waals surface area contributed by atoms with Crippen LogP contribution in [0.4, 0.5) is 0 Å². The summed E-state index contributed by atoms with van der Waals surface area (Å²) in [6, 6.07) is 16.1. The van der Waals surface area contributed by atoms with Gasteiger partial charge in [-0.05, 0) is 17.7 Å². The molecule has 1 aromatic heterocycles. The van der Waals surface area contributed by atoms with Gasteiger partial charge in [0.15, 0.2) is 5.78 Å². The van der Waals surface area contributed by atoms with E-state index in [1.807, 2.05) is 30.3 Å². The number of nitrogens with zero attached hydrogens (tertiary/aromatic N) is 1. The Labute approximate surface area is 137 Å². The summed E-state index contributed by atoms with van der Waals surface area (Å²) in [4.78, 5) is 25.3. The topological polar surface area (TPSA) is 39.1 Å². The average molecular weight is 322 g/mol. The molecule has 4 heteroatoms. The van der Waals surface area contributed by atoms with E-state index >= 15 is 0 Å². The van der Waals surface area contributed by atoms with E-state index in [1.54, 1.807) is 29.8 Å². The molecule has 0 saturated heterocycles. The summed E-state index contributed by atoms with van der Waals surface area (Å²) in [5.41, 5.74) is 4.03. The number of pyridine rings is 1. The second kappa shape index (κ2) is 4.93. The van der Waals surface area contributed by atoms with Crippen LogP contribution < -0.4 is 5.56 Å². The lowest BCUT2D eigenvalue weighted by Crippen LogP contribution is -2.19. The molecule has 3 nitrogen and oxygen atoms in total. The van der Waals surface area contributed by atoms with Gasteiger partial charge in [-0.3, -0.25) is 9.59 Å². The first-order chi connectivity index (χ1) is 11.1. The molecule has 112 valence electrons. The van der Waals surface area contributed by atoms with E-state index in [2.05, 4.69) is 0 Å². The van der Waals surface area contributed by atoms with Crippen molar-refractivity contribution in [2.75, 3.05) is 0 Å². The molecule has 0 saturated carbocycles. The van der Waals surface area contributed by atoms with Crippen LogP contribution in [-0.4, -0.2) is 10.4 Å². The summed E-state index contributed by atoms with van der Waals surface area (Å²) >= 11 is 5.94. The minimum atomic E-state index is -0.141. The maximum Gasteiger partial charge on any atom is 0.251 e. The monoisotopic (exact) mass is 321 g/mol. The van der Waals surface area contributed by atoms with Crippen molar-refractivity contribution in [3.8, 4) is 22.4 Å². The molecule has 1 aliphatic carbocycles. The van der Waals surface area contributed by atoms with Gasteiger partial charge in [0.1, 0.15) is 0 Å². The predicted molar refractivity (Wildman–Crippen MR) is 91.0 cm³/mol. The van der Waals surface area contributed by atoms with Crippen LogP contribution in [0.3, 0.4) is 0 Å². The highest BCUT2D eigenvalue weighted by Gasteiger charge is 2.31. The summed E-state index contributed by atoms with van der Waals surface area (Å²) in [5, 5.41) is 0.615. The molecule has 0 atom stereocenters. The SMILES string of the molecule is Cn1c2c(c(-c3ccc(Cl)cc3)cc1=O)C(=O)c1ccccc1-2. The Kier molecular flexibility index (Phi) is 3.00. The van der Waals surface area contributed by atoms with Crippen molar-refractivity contribution < 1.29 is 4.79 Å². The number of fused-ring (bicyclic) bond motifs is 3. The average Bonchev–Trinajstić information content (AvgIpc) is 2.86. The van der Waals surface area contributed by atoms with Gasteiger partial charge < -0.3 is 4.57 Å². The zero-order valence-electron chi connectivity index (χ0n) is 12.3. The smallest absolute Gasteiger partial charge is 0.251 e. The molecule has 1 heterocycles. The largest absolute Gasteiger partial charge is 0.311 e. The minimum Gasteiger partial charge on any atom is -0.311 e. The fraction of sp³-hybridized carbons (Fsp3) is 0.0526. The van der Waals surface area contributed by atoms with Gasteiger partial charge in [-0.2, -0.15) is 0 Å². The van der Waals surface area contributed by atoms with Crippen molar-refractivity contribution in [1.29, 1.82) is 0 Å². The fourth-order valence-corrected chi connectivity index (χ4v) is 3.25. The third kappa shape index (κ3) is 1.97. The maximum atomic E-state index is 12.9. The Morgan fingerprint density at radius 3 is 2.22 bits per heavy atom. The molecule has 0 N–H and O–H groups in total. The fourth-order valence-electron chi connectivity index (χ4n) is 3.12. The summed E-state index contributed by atoms with van der Waals surface area (Å²) in [7, 11) is 1.70. The van der Waals surface area contributed by atoms with E-state index in [-0.39, 0.29) is 11.3 Å². The maximum absolute atomic E-state index is 12.9. The Morgan fingerprint density at radius 2 is 1.52 bits per heavy atom. The predicted octanol–water partition coefficient (Wildman–Crippen LogP) is 3.92. The molecule has 0 amide bonds. The molecule has 0 aliphatic heterocycles. The second-order valence-electron chi connectivity index (χ2n) is 5.56. The Balaban J connectivity index is 2.10. The molecule has 3 aromatic rings. The lowest BCUT2D eigenvalue weighted by molar-refractivity contribution is 0.104. The summed E-state index contributed by atoms with van der Waals surface area (Å²) in [6.07, 6.45) is 0. The molecule has 23 heavy (non-hydrogen) atoms. The van der Waals surface area contributed by atoms with Gasteiger partial charge in [-0.1, -0.05) is 48.0 Å². The normalized spacial score (nSPS) is 12.2. The van der Waals surface area contributed by atoms with E-state index in [4.69, 9.17) is 11.6 Å². The van der Waals surface area contributed by atoms with Crippen molar-refractivity contribution in [2.24, 2.45) is 7.05 Å². The first-order valence-corrected chi connectivity index (χ1v) is 7.60. The number of aromatic nitrogens is 1. The number of hydrogen-bond donors (Lipinski definition) is 0. The second-order valence-corrected chi connectivity index (χ2v) is 6.00. The van der Waals surface area contributed by atoms with Crippen LogP contribution in [0.25, 0.3) is 22.4 Å². The standard InChI is InChI=1S/C19H12ClNO2/c1-21-16(22)10-15(11-6-8-12(20)9-7-11)17-18(21)13-4-2-3-5-14(13)19(17)23/h2-10H,1H3. The number of rotatable bonds is 1. The minimum absolute atomic E-state index is 0.0452. The van der Waals surface area contributed by atoms with Crippen LogP contribution in [0.15, 0.2) is 59.4 Å². The zero-order valence-corrected chi connectivity index (χ0v) is 13.1. The van der Waals surface area contributed by atoms with E-state index in [9.17, 15) is 9.59 Å². The number of hydrogen-bond acceptors (Lipinski definition) is 2. The van der Waals surface area contributed by atoms with Gasteiger partial charge in [0.25, 0.3) is 5.56 Å². The van der Waals surface area contributed by atoms with Crippen LogP contribution in [0.1, 0.15) is 15.9 Å². The molecular formula is C19H12ClNO2.